The summed E-state index contributed by atoms with van der Waals surface area (Å²) in [4.78, 5) is 38.4. The van der Waals surface area contributed by atoms with E-state index in [2.05, 4.69) is 142 Å². The van der Waals surface area contributed by atoms with E-state index < -0.39 is 6.10 Å². The maximum atomic E-state index is 13.0. The zero-order chi connectivity index (χ0) is 58.5. The maximum absolute atomic E-state index is 13.0. The lowest BCUT2D eigenvalue weighted by Gasteiger charge is -2.18. The number of carbonyl (C=O) groups is 3. The SMILES string of the molecule is CC/C=C\C/C=C\C/C=C\C/C=C\C/C=C\C/C=C\CCCCCCC(=O)OCC(COC(=O)CCCCCCCCC/C=C\CCCCCCCC)OC(=O)CCCCCCCCCC/C=C\C/C=C\C/C=C\CCCCCCC. The number of rotatable bonds is 61. The molecule has 0 fully saturated rings. The normalized spacial score (nSPS) is 12.9. The summed E-state index contributed by atoms with van der Waals surface area (Å²) in [7, 11) is 0. The summed E-state index contributed by atoms with van der Waals surface area (Å²) >= 11 is 0. The Morgan fingerprint density at radius 3 is 0.765 bits per heavy atom. The van der Waals surface area contributed by atoms with E-state index in [1.54, 1.807) is 0 Å². The highest BCUT2D eigenvalue weighted by Crippen LogP contribution is 2.15. The molecule has 0 spiro atoms. The molecule has 0 rings (SSSR count). The molecule has 0 aromatic rings. The zero-order valence-electron chi connectivity index (χ0n) is 53.0. The third kappa shape index (κ3) is 66.5. The maximum Gasteiger partial charge on any atom is 0.306 e. The molecule has 81 heavy (non-hydrogen) atoms. The quantitative estimate of drug-likeness (QED) is 0.0261. The average Bonchev–Trinajstić information content (AvgIpc) is 3.47. The van der Waals surface area contributed by atoms with Crippen molar-refractivity contribution in [3.8, 4) is 0 Å². The molecule has 0 aromatic heterocycles. The molecule has 6 nitrogen and oxygen atoms in total. The van der Waals surface area contributed by atoms with Crippen molar-refractivity contribution in [2.75, 3.05) is 13.2 Å². The first-order valence-electron chi connectivity index (χ1n) is 34.0. The minimum atomic E-state index is -0.800. The van der Waals surface area contributed by atoms with Crippen LogP contribution in [0.1, 0.15) is 316 Å². The molecule has 0 amide bonds. The first-order valence-corrected chi connectivity index (χ1v) is 34.0. The fraction of sp³-hybridized carbons (Fsp3) is 0.693. The fourth-order valence-corrected chi connectivity index (χ4v) is 9.33. The Morgan fingerprint density at radius 2 is 0.481 bits per heavy atom. The van der Waals surface area contributed by atoms with Gasteiger partial charge in [-0.3, -0.25) is 14.4 Å². The highest BCUT2D eigenvalue weighted by atomic mass is 16.6. The summed E-state index contributed by atoms with van der Waals surface area (Å²) in [6, 6.07) is 0. The minimum Gasteiger partial charge on any atom is -0.462 e. The van der Waals surface area contributed by atoms with E-state index >= 15 is 0 Å². The summed E-state index contributed by atoms with van der Waals surface area (Å²) < 4.78 is 17.0. The van der Waals surface area contributed by atoms with E-state index in [0.29, 0.717) is 19.3 Å². The Balaban J connectivity index is 4.46. The van der Waals surface area contributed by atoms with E-state index in [-0.39, 0.29) is 31.1 Å². The van der Waals surface area contributed by atoms with Crippen LogP contribution >= 0.6 is 0 Å². The van der Waals surface area contributed by atoms with E-state index in [1.807, 2.05) is 0 Å². The van der Waals surface area contributed by atoms with Crippen molar-refractivity contribution in [2.24, 2.45) is 0 Å². The summed E-state index contributed by atoms with van der Waals surface area (Å²) in [6.45, 7) is 6.50. The van der Waals surface area contributed by atoms with Gasteiger partial charge >= 0.3 is 17.9 Å². The number of carbonyl (C=O) groups excluding carboxylic acids is 3. The van der Waals surface area contributed by atoms with Gasteiger partial charge in [0.25, 0.3) is 0 Å². The van der Waals surface area contributed by atoms with Crippen LogP contribution in [-0.2, 0) is 28.6 Å². The van der Waals surface area contributed by atoms with Gasteiger partial charge in [-0.2, -0.15) is 0 Å². The van der Waals surface area contributed by atoms with Gasteiger partial charge in [-0.15, -0.1) is 0 Å². The summed E-state index contributed by atoms with van der Waals surface area (Å²) in [5, 5.41) is 0. The first-order chi connectivity index (χ1) is 40.0. The lowest BCUT2D eigenvalue weighted by atomic mass is 10.1. The van der Waals surface area contributed by atoms with Crippen LogP contribution in [-0.4, -0.2) is 37.2 Å². The number of esters is 3. The molecule has 0 heterocycles. The molecular formula is C75H126O6. The summed E-state index contributed by atoms with van der Waals surface area (Å²) in [6.07, 6.45) is 94.9. The Kier molecular flexibility index (Phi) is 64.8. The topological polar surface area (TPSA) is 78.9 Å². The van der Waals surface area contributed by atoms with E-state index in [0.717, 1.165) is 128 Å². The van der Waals surface area contributed by atoms with Crippen LogP contribution in [0.3, 0.4) is 0 Å². The minimum absolute atomic E-state index is 0.0933. The van der Waals surface area contributed by atoms with Gasteiger partial charge in [0, 0.05) is 19.3 Å². The molecule has 1 unspecified atom stereocenters. The standard InChI is InChI=1S/C75H126O6/c1-4-7-10-13-16-19-22-25-28-31-33-35-37-39-41-44-47-50-53-56-59-62-65-68-74(77)80-71-72(70-79-73(76)67-64-61-58-55-52-49-46-43-30-27-24-21-18-15-12-9-6-3)81-75(78)69-66-63-60-57-54-51-48-45-42-40-38-36-34-32-29-26-23-20-17-14-11-8-5-2/h7,10,16,19,23,25-28,30,32-35,38-41,47,50,72H,4-6,8-9,11-15,17-18,20-22,24,29,31,36-37,42-46,48-49,51-71H2,1-3H3/b10-7-,19-16-,26-23-,28-25-,30-27-,34-32-,35-33-,40-38-,41-39-,50-47-. The van der Waals surface area contributed by atoms with Crippen LogP contribution in [0.5, 0.6) is 0 Å². The van der Waals surface area contributed by atoms with Gasteiger partial charge in [0.1, 0.15) is 13.2 Å². The molecule has 0 bridgehead atoms. The van der Waals surface area contributed by atoms with Crippen LogP contribution in [0.2, 0.25) is 0 Å². The van der Waals surface area contributed by atoms with E-state index in [4.69, 9.17) is 14.2 Å². The van der Waals surface area contributed by atoms with Crippen molar-refractivity contribution in [2.45, 2.75) is 322 Å². The monoisotopic (exact) mass is 1120 g/mol. The number of hydrogen-bond donors (Lipinski definition) is 0. The van der Waals surface area contributed by atoms with Gasteiger partial charge in [0.15, 0.2) is 6.10 Å². The predicted octanol–water partition coefficient (Wildman–Crippen LogP) is 23.6. The molecule has 0 saturated heterocycles. The molecule has 462 valence electrons. The number of ether oxygens (including phenoxy) is 3. The molecule has 6 heteroatoms. The van der Waals surface area contributed by atoms with E-state index in [1.165, 1.54) is 148 Å². The number of allylic oxidation sites excluding steroid dienone is 20. The lowest BCUT2D eigenvalue weighted by molar-refractivity contribution is -0.167. The molecule has 0 aromatic carbocycles. The van der Waals surface area contributed by atoms with Crippen molar-refractivity contribution in [3.63, 3.8) is 0 Å². The third-order valence-electron chi connectivity index (χ3n) is 14.4. The van der Waals surface area contributed by atoms with Crippen molar-refractivity contribution >= 4 is 17.9 Å². The Hall–Kier alpha value is -4.19. The van der Waals surface area contributed by atoms with Gasteiger partial charge < -0.3 is 14.2 Å². The summed E-state index contributed by atoms with van der Waals surface area (Å²) in [5.74, 6) is -0.922. The molecular weight excluding hydrogens is 997 g/mol. The predicted molar refractivity (Wildman–Crippen MR) is 353 cm³/mol. The Bertz CT molecular complexity index is 1670. The van der Waals surface area contributed by atoms with Crippen LogP contribution in [0, 0.1) is 0 Å². The third-order valence-corrected chi connectivity index (χ3v) is 14.4. The van der Waals surface area contributed by atoms with Gasteiger partial charge in [0.2, 0.25) is 0 Å². The average molecular weight is 1120 g/mol. The van der Waals surface area contributed by atoms with E-state index in [9.17, 15) is 14.4 Å². The highest BCUT2D eigenvalue weighted by Gasteiger charge is 2.19. The molecule has 0 saturated carbocycles. The van der Waals surface area contributed by atoms with Crippen LogP contribution in [0.25, 0.3) is 0 Å². The molecule has 1 atom stereocenters. The van der Waals surface area contributed by atoms with Crippen molar-refractivity contribution < 1.29 is 28.6 Å². The van der Waals surface area contributed by atoms with Crippen LogP contribution in [0.15, 0.2) is 122 Å². The molecule has 0 aliphatic carbocycles. The van der Waals surface area contributed by atoms with Gasteiger partial charge in [-0.05, 0) is 135 Å². The zero-order valence-corrected chi connectivity index (χ0v) is 53.0. The molecule has 0 aliphatic heterocycles. The van der Waals surface area contributed by atoms with Crippen molar-refractivity contribution in [1.29, 1.82) is 0 Å². The van der Waals surface area contributed by atoms with Crippen molar-refractivity contribution in [1.82, 2.24) is 0 Å². The van der Waals surface area contributed by atoms with Crippen LogP contribution in [0.4, 0.5) is 0 Å². The van der Waals surface area contributed by atoms with Crippen molar-refractivity contribution in [3.05, 3.63) is 122 Å². The number of unbranched alkanes of at least 4 members (excludes halogenated alkanes) is 30. The second-order valence-corrected chi connectivity index (χ2v) is 22.3. The molecule has 0 aliphatic rings. The van der Waals surface area contributed by atoms with Crippen LogP contribution < -0.4 is 0 Å². The first kappa shape index (κ1) is 76.8. The Labute approximate surface area is 501 Å². The smallest absolute Gasteiger partial charge is 0.306 e. The lowest BCUT2D eigenvalue weighted by Crippen LogP contribution is -2.30. The highest BCUT2D eigenvalue weighted by molar-refractivity contribution is 5.71. The number of hydrogen-bond acceptors (Lipinski definition) is 6. The Morgan fingerprint density at radius 1 is 0.259 bits per heavy atom. The van der Waals surface area contributed by atoms with Gasteiger partial charge in [-0.1, -0.05) is 284 Å². The second-order valence-electron chi connectivity index (χ2n) is 22.3. The fourth-order valence-electron chi connectivity index (χ4n) is 9.33. The summed E-state index contributed by atoms with van der Waals surface area (Å²) in [5.41, 5.74) is 0. The van der Waals surface area contributed by atoms with Gasteiger partial charge in [0.05, 0.1) is 0 Å². The molecule has 0 N–H and O–H groups in total. The van der Waals surface area contributed by atoms with Gasteiger partial charge in [-0.25, -0.2) is 0 Å². The molecule has 0 radical (unpaired) electrons. The second kappa shape index (κ2) is 68.3. The largest absolute Gasteiger partial charge is 0.462 e.